The molecule has 0 saturated carbocycles. The number of thiophene rings is 1. The van der Waals surface area contributed by atoms with Gasteiger partial charge in [0.25, 0.3) is 18.2 Å². The average molecular weight is 579 g/mol. The molecule has 0 saturated heterocycles. The fourth-order valence-corrected chi connectivity index (χ4v) is 5.28. The van der Waals surface area contributed by atoms with E-state index >= 15 is 0 Å². The summed E-state index contributed by atoms with van der Waals surface area (Å²) in [5.41, 5.74) is 4.25. The third kappa shape index (κ3) is 4.63. The highest BCUT2D eigenvalue weighted by Crippen LogP contribution is 2.43. The Hall–Kier alpha value is -4.47. The van der Waals surface area contributed by atoms with E-state index in [9.17, 15) is 31.5 Å². The van der Waals surface area contributed by atoms with Gasteiger partial charge in [-0.1, -0.05) is 0 Å². The van der Waals surface area contributed by atoms with Gasteiger partial charge in [-0.3, -0.25) is 14.3 Å². The van der Waals surface area contributed by atoms with Crippen molar-refractivity contribution in [3.05, 3.63) is 57.7 Å². The number of aromatic nitrogens is 6. The molecule has 0 aliphatic carbocycles. The summed E-state index contributed by atoms with van der Waals surface area (Å²) in [4.78, 5) is 33.4. The van der Waals surface area contributed by atoms with Crippen molar-refractivity contribution in [2.24, 2.45) is 5.73 Å². The predicted octanol–water partition coefficient (Wildman–Crippen LogP) is 5.15. The Labute approximate surface area is 225 Å². The van der Waals surface area contributed by atoms with Gasteiger partial charge in [0.05, 0.1) is 11.4 Å². The molecule has 0 bridgehead atoms. The minimum atomic E-state index is -4.78. The Morgan fingerprint density at radius 2 is 1.82 bits per heavy atom. The van der Waals surface area contributed by atoms with Crippen molar-refractivity contribution in [2.45, 2.75) is 39.9 Å². The molecule has 5 heterocycles. The van der Waals surface area contributed by atoms with E-state index < -0.39 is 41.5 Å². The number of fused-ring (bicyclic) bond motifs is 2. The lowest BCUT2D eigenvalue weighted by atomic mass is 10.0. The Bertz CT molecular complexity index is 1820. The molecule has 5 aromatic heterocycles. The minimum absolute atomic E-state index is 0.00722. The van der Waals surface area contributed by atoms with Crippen LogP contribution in [0.25, 0.3) is 27.0 Å². The number of alkyl halides is 5. The Morgan fingerprint density at radius 3 is 2.42 bits per heavy atom. The third-order valence-corrected chi connectivity index (χ3v) is 7.10. The molecule has 5 rings (SSSR count). The summed E-state index contributed by atoms with van der Waals surface area (Å²) in [6.45, 7) is 5.35. The summed E-state index contributed by atoms with van der Waals surface area (Å²) in [5.74, 6) is -1.96. The zero-order chi connectivity index (χ0) is 29.1. The lowest BCUT2D eigenvalue weighted by molar-refractivity contribution is -0.142. The first-order valence-corrected chi connectivity index (χ1v) is 12.5. The van der Waals surface area contributed by atoms with Crippen molar-refractivity contribution < 1.29 is 31.5 Å². The molecule has 2 amide bonds. The van der Waals surface area contributed by atoms with Crippen LogP contribution >= 0.6 is 11.3 Å². The summed E-state index contributed by atoms with van der Waals surface area (Å²) >= 11 is 0.693. The van der Waals surface area contributed by atoms with Gasteiger partial charge in [-0.15, -0.1) is 11.3 Å². The zero-order valence-corrected chi connectivity index (χ0v) is 21.8. The maximum atomic E-state index is 13.8. The first-order chi connectivity index (χ1) is 18.8. The highest BCUT2D eigenvalue weighted by Gasteiger charge is 2.35. The van der Waals surface area contributed by atoms with Crippen LogP contribution in [0.4, 0.5) is 27.6 Å². The molecule has 0 radical (unpaired) electrons. The van der Waals surface area contributed by atoms with Gasteiger partial charge in [0, 0.05) is 35.5 Å². The normalized spacial score (nSPS) is 12.1. The number of aryl methyl sites for hydroxylation is 3. The van der Waals surface area contributed by atoms with Crippen LogP contribution in [-0.2, 0) is 12.7 Å². The topological polar surface area (TPSA) is 133 Å². The third-order valence-electron chi connectivity index (χ3n) is 6.01. The van der Waals surface area contributed by atoms with Crippen molar-refractivity contribution in [2.75, 3.05) is 5.32 Å². The number of anilines is 1. The molecule has 16 heteroatoms. The van der Waals surface area contributed by atoms with E-state index in [1.54, 1.807) is 17.8 Å². The molecule has 0 aliphatic heterocycles. The number of hydrogen-bond acceptors (Lipinski definition) is 7. The number of nitrogens with one attached hydrogen (secondary N) is 1. The molecular weight excluding hydrogens is 559 g/mol. The quantitative estimate of drug-likeness (QED) is 0.268. The summed E-state index contributed by atoms with van der Waals surface area (Å²) in [6, 6.07) is 2.98. The van der Waals surface area contributed by atoms with Crippen LogP contribution in [0.15, 0.2) is 24.4 Å². The molecule has 10 nitrogen and oxygen atoms in total. The number of carbonyl (C=O) groups is 2. The largest absolute Gasteiger partial charge is 0.433 e. The molecule has 0 spiro atoms. The first-order valence-electron chi connectivity index (χ1n) is 11.6. The number of carbonyl (C=O) groups excluding carboxylic acids is 2. The predicted molar refractivity (Wildman–Crippen MR) is 135 cm³/mol. The lowest BCUT2D eigenvalue weighted by Crippen LogP contribution is -2.18. The second kappa shape index (κ2) is 9.62. The van der Waals surface area contributed by atoms with Gasteiger partial charge in [0.15, 0.2) is 11.3 Å². The van der Waals surface area contributed by atoms with Crippen LogP contribution in [0, 0.1) is 13.8 Å². The lowest BCUT2D eigenvalue weighted by Gasteiger charge is -2.10. The van der Waals surface area contributed by atoms with Crippen LogP contribution in [0.1, 0.15) is 56.3 Å². The van der Waals surface area contributed by atoms with E-state index in [0.717, 1.165) is 18.2 Å². The van der Waals surface area contributed by atoms with Crippen LogP contribution in [0.3, 0.4) is 0 Å². The highest BCUT2D eigenvalue weighted by molar-refractivity contribution is 7.21. The van der Waals surface area contributed by atoms with Crippen LogP contribution in [0.2, 0.25) is 0 Å². The average Bonchev–Trinajstić information content (AvgIpc) is 3.57. The van der Waals surface area contributed by atoms with E-state index in [1.807, 2.05) is 6.92 Å². The van der Waals surface area contributed by atoms with Gasteiger partial charge in [0.2, 0.25) is 0 Å². The van der Waals surface area contributed by atoms with Crippen molar-refractivity contribution in [3.8, 4) is 11.1 Å². The maximum absolute atomic E-state index is 13.8. The number of halogens is 5. The first kappa shape index (κ1) is 27.1. The molecular formula is C24H19F5N8O2S. The molecule has 208 valence electrons. The molecule has 5 aromatic rings. The maximum Gasteiger partial charge on any atom is 0.433 e. The zero-order valence-electron chi connectivity index (χ0n) is 21.0. The Balaban J connectivity index is 1.70. The summed E-state index contributed by atoms with van der Waals surface area (Å²) < 4.78 is 70.4. The van der Waals surface area contributed by atoms with Gasteiger partial charge in [-0.05, 0) is 38.5 Å². The number of nitrogens with two attached hydrogens (primary N) is 1. The highest BCUT2D eigenvalue weighted by atomic mass is 32.1. The van der Waals surface area contributed by atoms with Gasteiger partial charge < -0.3 is 11.1 Å². The Kier molecular flexibility index (Phi) is 6.52. The van der Waals surface area contributed by atoms with Crippen molar-refractivity contribution in [1.82, 2.24) is 29.4 Å². The van der Waals surface area contributed by atoms with E-state index in [-0.39, 0.29) is 37.7 Å². The van der Waals surface area contributed by atoms with E-state index in [1.165, 1.54) is 6.92 Å². The van der Waals surface area contributed by atoms with E-state index in [2.05, 4.69) is 25.5 Å². The van der Waals surface area contributed by atoms with Gasteiger partial charge in [-0.25, -0.2) is 23.3 Å². The fourth-order valence-electron chi connectivity index (χ4n) is 4.27. The fraction of sp³-hybridized carbons (Fsp3) is 0.250. The Morgan fingerprint density at radius 1 is 1.10 bits per heavy atom. The number of nitrogens with zero attached hydrogens (tertiary/aromatic N) is 6. The number of hydrogen-bond donors (Lipinski definition) is 2. The van der Waals surface area contributed by atoms with Crippen molar-refractivity contribution >= 4 is 44.7 Å². The molecule has 0 atom stereocenters. The summed E-state index contributed by atoms with van der Waals surface area (Å²) in [6.07, 6.45) is -6.10. The van der Waals surface area contributed by atoms with Crippen LogP contribution in [-0.4, -0.2) is 41.2 Å². The molecule has 40 heavy (non-hydrogen) atoms. The molecule has 0 unspecified atom stereocenters. The van der Waals surface area contributed by atoms with Crippen molar-refractivity contribution in [1.29, 1.82) is 0 Å². The number of primary amides is 1. The number of amides is 2. The van der Waals surface area contributed by atoms with Crippen LogP contribution in [0.5, 0.6) is 0 Å². The van der Waals surface area contributed by atoms with Crippen LogP contribution < -0.4 is 11.1 Å². The standard InChI is InChI=1S/C24H19F5N8O2S/c1-4-36-8-12(10(3)34-36)11-6-13(20(25)26)32-23-17(11)18(19(40-23)21(30)38)33-22(39)14-7-16-31-9(2)5-15(24(27,28)29)37(16)35-14/h5-8,20H,4H2,1-3H3,(H2,30,38)(H,33,39). The second-order valence-electron chi connectivity index (χ2n) is 8.76. The van der Waals surface area contributed by atoms with Gasteiger partial charge >= 0.3 is 6.18 Å². The van der Waals surface area contributed by atoms with E-state index in [4.69, 9.17) is 5.73 Å². The number of pyridine rings is 1. The van der Waals surface area contributed by atoms with Crippen molar-refractivity contribution in [3.63, 3.8) is 0 Å². The second-order valence-corrected chi connectivity index (χ2v) is 9.76. The number of rotatable bonds is 6. The molecule has 0 aliphatic rings. The molecule has 0 fully saturated rings. The van der Waals surface area contributed by atoms with Gasteiger partial charge in [0.1, 0.15) is 21.1 Å². The molecule has 3 N–H and O–H groups in total. The van der Waals surface area contributed by atoms with Gasteiger partial charge in [-0.2, -0.15) is 23.4 Å². The summed E-state index contributed by atoms with van der Waals surface area (Å²) in [5, 5.41) is 10.8. The minimum Gasteiger partial charge on any atom is -0.365 e. The van der Waals surface area contributed by atoms with E-state index in [0.29, 0.717) is 33.7 Å². The summed E-state index contributed by atoms with van der Waals surface area (Å²) in [7, 11) is 0. The molecule has 0 aromatic carbocycles. The smallest absolute Gasteiger partial charge is 0.365 e. The monoisotopic (exact) mass is 578 g/mol. The SMILES string of the molecule is CCn1cc(-c2cc(C(F)F)nc3sc(C(N)=O)c(NC(=O)c4cc5nc(C)cc(C(F)(F)F)n5n4)c23)c(C)n1.